The molecule has 3 nitrogen and oxygen atoms in total. The van der Waals surface area contributed by atoms with Crippen LogP contribution in [-0.2, 0) is 5.41 Å². The lowest BCUT2D eigenvalue weighted by atomic mass is 9.82. The van der Waals surface area contributed by atoms with Crippen LogP contribution in [0.15, 0.2) is 197 Å². The fourth-order valence-electron chi connectivity index (χ4n) is 10.1. The van der Waals surface area contributed by atoms with Crippen molar-refractivity contribution in [1.29, 1.82) is 0 Å². The van der Waals surface area contributed by atoms with Crippen LogP contribution in [0.2, 0.25) is 0 Å². The van der Waals surface area contributed by atoms with Crippen LogP contribution >= 0.6 is 11.3 Å². The monoisotopic (exact) mass is 799 g/mol. The zero-order valence-electron chi connectivity index (χ0n) is 33.6. The first kappa shape index (κ1) is 34.5. The number of para-hydroxylation sites is 3. The molecule has 61 heavy (non-hydrogen) atoms. The number of hydrogen-bond acceptors (Lipinski definition) is 4. The fourth-order valence-corrected chi connectivity index (χ4v) is 11.4. The van der Waals surface area contributed by atoms with Gasteiger partial charge in [0.1, 0.15) is 22.3 Å². The minimum atomic E-state index is -0.185. The molecule has 288 valence electrons. The molecule has 0 radical (unpaired) electrons. The zero-order valence-corrected chi connectivity index (χ0v) is 34.4. The Hall–Kier alpha value is -7.40. The predicted octanol–water partition coefficient (Wildman–Crippen LogP) is 17.0. The number of thiophene rings is 1. The quantitative estimate of drug-likeness (QED) is 0.174. The van der Waals surface area contributed by atoms with Gasteiger partial charge >= 0.3 is 0 Å². The van der Waals surface area contributed by atoms with Crippen molar-refractivity contribution in [2.24, 2.45) is 0 Å². The number of furan rings is 2. The first-order valence-corrected chi connectivity index (χ1v) is 21.7. The molecule has 0 saturated heterocycles. The molecule has 0 atom stereocenters. The summed E-state index contributed by atoms with van der Waals surface area (Å²) in [6, 6.07) is 68.1. The highest BCUT2D eigenvalue weighted by Gasteiger charge is 2.38. The van der Waals surface area contributed by atoms with Crippen molar-refractivity contribution in [3.8, 4) is 33.4 Å². The molecule has 0 unspecified atom stereocenters. The highest BCUT2D eigenvalue weighted by Crippen LogP contribution is 2.54. The molecule has 3 aromatic heterocycles. The van der Waals surface area contributed by atoms with Gasteiger partial charge < -0.3 is 13.7 Å². The van der Waals surface area contributed by atoms with Gasteiger partial charge in [0.25, 0.3) is 0 Å². The van der Waals surface area contributed by atoms with E-state index in [2.05, 4.69) is 195 Å². The maximum Gasteiger partial charge on any atom is 0.143 e. The maximum absolute atomic E-state index is 6.70. The first-order valence-electron chi connectivity index (χ1n) is 20.9. The van der Waals surface area contributed by atoms with Crippen molar-refractivity contribution in [3.63, 3.8) is 0 Å². The molecule has 12 aromatic rings. The number of anilines is 3. The van der Waals surface area contributed by atoms with Crippen LogP contribution in [0, 0.1) is 0 Å². The van der Waals surface area contributed by atoms with Gasteiger partial charge in [0, 0.05) is 75.3 Å². The van der Waals surface area contributed by atoms with Gasteiger partial charge in [0.05, 0.1) is 0 Å². The Bertz CT molecular complexity index is 3580. The average molecular weight is 800 g/mol. The van der Waals surface area contributed by atoms with Crippen molar-refractivity contribution in [2.75, 3.05) is 4.90 Å². The van der Waals surface area contributed by atoms with E-state index in [4.69, 9.17) is 8.83 Å². The standard InChI is InChI=1S/C57H37NO2S/c1-57(2)48-31-29-38(33-47(48)53-49(57)32-30-45-42-12-4-7-19-51(42)60-55(45)53)58(36-25-21-34(22-26-36)39-14-9-16-44-41-11-3-6-18-50(41)59-54(39)44)37-27-23-35(24-28-37)40-15-10-17-46-43-13-5-8-20-52(43)61-56(40)46/h3-33H,1-2H3. The van der Waals surface area contributed by atoms with E-state index < -0.39 is 0 Å². The van der Waals surface area contributed by atoms with Crippen molar-refractivity contribution >= 4 is 92.4 Å². The number of rotatable bonds is 5. The normalized spacial score (nSPS) is 13.2. The molecule has 0 spiro atoms. The summed E-state index contributed by atoms with van der Waals surface area (Å²) in [5.41, 5.74) is 16.4. The van der Waals surface area contributed by atoms with E-state index in [0.717, 1.165) is 72.1 Å². The van der Waals surface area contributed by atoms with Crippen LogP contribution < -0.4 is 4.90 Å². The van der Waals surface area contributed by atoms with Gasteiger partial charge in [-0.15, -0.1) is 11.3 Å². The predicted molar refractivity (Wildman–Crippen MR) is 257 cm³/mol. The molecule has 9 aromatic carbocycles. The topological polar surface area (TPSA) is 29.5 Å². The van der Waals surface area contributed by atoms with Gasteiger partial charge in [-0.3, -0.25) is 0 Å². The third-order valence-corrected chi connectivity index (χ3v) is 14.3. The number of nitrogens with zero attached hydrogens (tertiary/aromatic N) is 1. The molecule has 1 aliphatic carbocycles. The summed E-state index contributed by atoms with van der Waals surface area (Å²) in [7, 11) is 0. The Kier molecular flexibility index (Phi) is 7.23. The van der Waals surface area contributed by atoms with Crippen LogP contribution in [0.4, 0.5) is 17.1 Å². The minimum Gasteiger partial charge on any atom is -0.455 e. The van der Waals surface area contributed by atoms with Crippen molar-refractivity contribution < 1.29 is 8.83 Å². The average Bonchev–Trinajstić information content (AvgIpc) is 4.05. The smallest absolute Gasteiger partial charge is 0.143 e. The van der Waals surface area contributed by atoms with E-state index in [1.54, 1.807) is 0 Å². The summed E-state index contributed by atoms with van der Waals surface area (Å²) in [5, 5.41) is 7.19. The zero-order chi connectivity index (χ0) is 40.4. The van der Waals surface area contributed by atoms with Gasteiger partial charge in [-0.05, 0) is 88.0 Å². The van der Waals surface area contributed by atoms with E-state index in [-0.39, 0.29) is 5.41 Å². The van der Waals surface area contributed by atoms with Crippen molar-refractivity contribution in [1.82, 2.24) is 0 Å². The maximum atomic E-state index is 6.70. The Balaban J connectivity index is 0.973. The number of benzene rings is 9. The third kappa shape index (κ3) is 5.03. The van der Waals surface area contributed by atoms with E-state index >= 15 is 0 Å². The Morgan fingerprint density at radius 1 is 0.410 bits per heavy atom. The molecular weight excluding hydrogens is 763 g/mol. The molecule has 4 heteroatoms. The second-order valence-corrected chi connectivity index (χ2v) is 17.9. The molecular formula is C57H37NO2S. The number of fused-ring (bicyclic) bond motifs is 13. The lowest BCUT2D eigenvalue weighted by Crippen LogP contribution is -2.15. The second-order valence-electron chi connectivity index (χ2n) is 16.8. The SMILES string of the molecule is CC1(C)c2ccc(N(c3ccc(-c4cccc5c4oc4ccccc45)cc3)c3ccc(-c4cccc5c4sc4ccccc45)cc3)cc2-c2c1ccc1c2oc2ccccc21. The van der Waals surface area contributed by atoms with E-state index in [9.17, 15) is 0 Å². The third-order valence-electron chi connectivity index (χ3n) is 13.1. The van der Waals surface area contributed by atoms with E-state index in [1.165, 1.54) is 53.6 Å². The molecule has 0 fully saturated rings. The molecule has 0 bridgehead atoms. The lowest BCUT2D eigenvalue weighted by molar-refractivity contribution is 0.653. The van der Waals surface area contributed by atoms with Gasteiger partial charge in [-0.2, -0.15) is 0 Å². The highest BCUT2D eigenvalue weighted by molar-refractivity contribution is 7.26. The summed E-state index contributed by atoms with van der Waals surface area (Å²) < 4.78 is 15.8. The van der Waals surface area contributed by atoms with Gasteiger partial charge in [0.15, 0.2) is 0 Å². The summed E-state index contributed by atoms with van der Waals surface area (Å²) in [4.78, 5) is 2.39. The van der Waals surface area contributed by atoms with Gasteiger partial charge in [0.2, 0.25) is 0 Å². The molecule has 0 aliphatic heterocycles. The largest absolute Gasteiger partial charge is 0.455 e. The van der Waals surface area contributed by atoms with Crippen molar-refractivity contribution in [2.45, 2.75) is 19.3 Å². The summed E-state index contributed by atoms with van der Waals surface area (Å²) in [5.74, 6) is 0. The second kappa shape index (κ2) is 12.8. The molecule has 13 rings (SSSR count). The van der Waals surface area contributed by atoms with E-state index in [1.807, 2.05) is 23.5 Å². The van der Waals surface area contributed by atoms with Crippen LogP contribution in [-0.4, -0.2) is 0 Å². The van der Waals surface area contributed by atoms with Crippen molar-refractivity contribution in [3.05, 3.63) is 199 Å². The Morgan fingerprint density at radius 2 is 0.951 bits per heavy atom. The molecule has 0 N–H and O–H groups in total. The van der Waals surface area contributed by atoms with Crippen LogP contribution in [0.25, 0.3) is 97.4 Å². The summed E-state index contributed by atoms with van der Waals surface area (Å²) >= 11 is 1.87. The number of hydrogen-bond donors (Lipinski definition) is 0. The van der Waals surface area contributed by atoms with E-state index in [0.29, 0.717) is 0 Å². The van der Waals surface area contributed by atoms with Crippen LogP contribution in [0.5, 0.6) is 0 Å². The summed E-state index contributed by atoms with van der Waals surface area (Å²) in [6.07, 6.45) is 0. The Labute approximate surface area is 356 Å². The highest BCUT2D eigenvalue weighted by atomic mass is 32.1. The van der Waals surface area contributed by atoms with Crippen LogP contribution in [0.3, 0.4) is 0 Å². The lowest BCUT2D eigenvalue weighted by Gasteiger charge is -2.27. The fraction of sp³-hybridized carbons (Fsp3) is 0.0526. The molecule has 0 amide bonds. The van der Waals surface area contributed by atoms with Gasteiger partial charge in [-0.1, -0.05) is 147 Å². The Morgan fingerprint density at radius 3 is 1.67 bits per heavy atom. The van der Waals surface area contributed by atoms with Gasteiger partial charge in [-0.25, -0.2) is 0 Å². The molecule has 3 heterocycles. The minimum absolute atomic E-state index is 0.185. The summed E-state index contributed by atoms with van der Waals surface area (Å²) in [6.45, 7) is 4.67. The first-order chi connectivity index (χ1) is 30.0. The van der Waals surface area contributed by atoms with Crippen LogP contribution in [0.1, 0.15) is 25.0 Å². The molecule has 1 aliphatic rings. The molecule has 0 saturated carbocycles.